The number of aryl methyl sites for hydroxylation is 1. The van der Waals surface area contributed by atoms with Crippen LogP contribution in [-0.2, 0) is 30.0 Å². The summed E-state index contributed by atoms with van der Waals surface area (Å²) in [7, 11) is -2.01. The Morgan fingerprint density at radius 1 is 1.03 bits per heavy atom. The Morgan fingerprint density at radius 2 is 1.71 bits per heavy atom. The second-order valence-corrected chi connectivity index (χ2v) is 9.92. The van der Waals surface area contributed by atoms with E-state index in [0.717, 1.165) is 5.69 Å². The van der Waals surface area contributed by atoms with E-state index in [2.05, 4.69) is 15.3 Å². The van der Waals surface area contributed by atoms with Gasteiger partial charge < -0.3 is 4.42 Å². The van der Waals surface area contributed by atoms with Gasteiger partial charge in [-0.25, -0.2) is 12.8 Å². The molecule has 2 aromatic heterocycles. The molecule has 0 bridgehead atoms. The van der Waals surface area contributed by atoms with Gasteiger partial charge in [0.15, 0.2) is 11.5 Å². The van der Waals surface area contributed by atoms with E-state index in [4.69, 9.17) is 4.42 Å². The number of halogens is 1. The molecule has 4 aromatic rings. The molecule has 0 fully saturated rings. The van der Waals surface area contributed by atoms with Crippen molar-refractivity contribution in [2.45, 2.75) is 24.8 Å². The third kappa shape index (κ3) is 3.82. The predicted molar refractivity (Wildman–Crippen MR) is 120 cm³/mol. The molecule has 0 unspecified atom stereocenters. The first-order valence-electron chi connectivity index (χ1n) is 10.5. The Balaban J connectivity index is 1.46. The van der Waals surface area contributed by atoms with Crippen LogP contribution in [0.4, 0.5) is 4.39 Å². The number of rotatable bonds is 5. The van der Waals surface area contributed by atoms with E-state index < -0.39 is 10.0 Å². The van der Waals surface area contributed by atoms with Gasteiger partial charge in [-0.1, -0.05) is 12.1 Å². The SMILES string of the molecule is CC(=O)c1ccc(S(=O)(=O)N2CCc3c(c(-c4nnc(-c5ccc(F)cc5)o4)nn3C)C2)cc1. The number of sulfonamides is 1. The van der Waals surface area contributed by atoms with E-state index in [9.17, 15) is 17.6 Å². The highest BCUT2D eigenvalue weighted by atomic mass is 32.2. The molecule has 5 rings (SSSR count). The maximum atomic E-state index is 13.3. The number of hydrogen-bond donors (Lipinski definition) is 0. The molecule has 0 aliphatic carbocycles. The van der Waals surface area contributed by atoms with Gasteiger partial charge in [0.1, 0.15) is 5.82 Å². The van der Waals surface area contributed by atoms with Crippen LogP contribution in [0.1, 0.15) is 28.5 Å². The molecule has 0 amide bonds. The Morgan fingerprint density at radius 3 is 2.38 bits per heavy atom. The van der Waals surface area contributed by atoms with Crippen LogP contribution in [0.15, 0.2) is 57.8 Å². The standard InChI is InChI=1S/C23H20FN5O4S/c1-14(30)15-5-9-18(10-6-15)34(31,32)29-12-11-20-19(13-29)21(27-28(20)2)23-26-25-22(33-23)16-3-7-17(24)8-4-16/h3-10H,11-13H2,1-2H3. The lowest BCUT2D eigenvalue weighted by atomic mass is 10.1. The molecule has 2 aromatic carbocycles. The van der Waals surface area contributed by atoms with Crippen molar-refractivity contribution in [1.29, 1.82) is 0 Å². The summed E-state index contributed by atoms with van der Waals surface area (Å²) in [5, 5.41) is 12.6. The highest BCUT2D eigenvalue weighted by Crippen LogP contribution is 2.33. The molecule has 0 atom stereocenters. The second kappa shape index (κ2) is 8.26. The maximum absolute atomic E-state index is 13.3. The van der Waals surface area contributed by atoms with Gasteiger partial charge in [0.05, 0.1) is 4.90 Å². The van der Waals surface area contributed by atoms with Gasteiger partial charge in [-0.15, -0.1) is 10.2 Å². The molecule has 0 spiro atoms. The van der Waals surface area contributed by atoms with Gasteiger partial charge in [-0.3, -0.25) is 9.48 Å². The van der Waals surface area contributed by atoms with Crippen LogP contribution in [0.2, 0.25) is 0 Å². The van der Waals surface area contributed by atoms with Gasteiger partial charge in [0.2, 0.25) is 15.9 Å². The minimum atomic E-state index is -3.80. The molecular weight excluding hydrogens is 461 g/mol. The maximum Gasteiger partial charge on any atom is 0.268 e. The van der Waals surface area contributed by atoms with Crippen molar-refractivity contribution in [1.82, 2.24) is 24.3 Å². The zero-order valence-corrected chi connectivity index (χ0v) is 19.2. The largest absolute Gasteiger partial charge is 0.415 e. The van der Waals surface area contributed by atoms with Crippen LogP contribution < -0.4 is 0 Å². The lowest BCUT2D eigenvalue weighted by Gasteiger charge is -2.26. The number of carbonyl (C=O) groups excluding carboxylic acids is 1. The highest BCUT2D eigenvalue weighted by Gasteiger charge is 2.33. The number of nitrogens with zero attached hydrogens (tertiary/aromatic N) is 5. The minimum absolute atomic E-state index is 0.0869. The minimum Gasteiger partial charge on any atom is -0.415 e. The number of hydrogen-bond acceptors (Lipinski definition) is 7. The van der Waals surface area contributed by atoms with Gasteiger partial charge >= 0.3 is 0 Å². The molecule has 0 radical (unpaired) electrons. The van der Waals surface area contributed by atoms with E-state index in [1.54, 1.807) is 11.7 Å². The third-order valence-corrected chi connectivity index (χ3v) is 7.68. The average Bonchev–Trinajstić information content (AvgIpc) is 3.44. The molecule has 0 saturated heterocycles. The van der Waals surface area contributed by atoms with Crippen LogP contribution in [0.3, 0.4) is 0 Å². The van der Waals surface area contributed by atoms with Crippen LogP contribution in [0.5, 0.6) is 0 Å². The van der Waals surface area contributed by atoms with Gasteiger partial charge in [-0.05, 0) is 43.3 Å². The molecule has 11 heteroatoms. The van der Waals surface area contributed by atoms with Crippen LogP contribution in [-0.4, -0.2) is 45.0 Å². The van der Waals surface area contributed by atoms with E-state index in [1.807, 2.05) is 0 Å². The molecule has 174 valence electrons. The van der Waals surface area contributed by atoms with Crippen molar-refractivity contribution in [2.24, 2.45) is 7.05 Å². The normalized spacial score (nSPS) is 14.2. The summed E-state index contributed by atoms with van der Waals surface area (Å²) in [6, 6.07) is 11.6. The van der Waals surface area contributed by atoms with Crippen molar-refractivity contribution in [3.8, 4) is 23.0 Å². The van der Waals surface area contributed by atoms with Crippen molar-refractivity contribution < 1.29 is 22.0 Å². The number of ketones is 1. The summed E-state index contributed by atoms with van der Waals surface area (Å²) in [5.74, 6) is -0.146. The summed E-state index contributed by atoms with van der Waals surface area (Å²) in [5.41, 5.74) is 2.98. The first-order valence-corrected chi connectivity index (χ1v) is 11.9. The Labute approximate surface area is 194 Å². The fourth-order valence-corrected chi connectivity index (χ4v) is 5.39. The number of fused-ring (bicyclic) bond motifs is 1. The van der Waals surface area contributed by atoms with E-state index in [0.29, 0.717) is 28.8 Å². The van der Waals surface area contributed by atoms with Gasteiger partial charge in [-0.2, -0.15) is 9.40 Å². The van der Waals surface area contributed by atoms with Crippen molar-refractivity contribution >= 4 is 15.8 Å². The zero-order chi connectivity index (χ0) is 24.0. The monoisotopic (exact) mass is 481 g/mol. The smallest absolute Gasteiger partial charge is 0.268 e. The third-order valence-electron chi connectivity index (χ3n) is 5.82. The summed E-state index contributed by atoms with van der Waals surface area (Å²) in [6.07, 6.45) is 0.461. The van der Waals surface area contributed by atoms with Crippen molar-refractivity contribution in [3.05, 3.63) is 71.2 Å². The summed E-state index contributed by atoms with van der Waals surface area (Å²) < 4.78 is 48.7. The summed E-state index contributed by atoms with van der Waals surface area (Å²) >= 11 is 0. The van der Waals surface area contributed by atoms with E-state index in [-0.39, 0.29) is 41.4 Å². The molecule has 3 heterocycles. The summed E-state index contributed by atoms with van der Waals surface area (Å²) in [6.45, 7) is 1.80. The molecule has 1 aliphatic rings. The molecule has 1 aliphatic heterocycles. The lowest BCUT2D eigenvalue weighted by Crippen LogP contribution is -2.36. The second-order valence-electron chi connectivity index (χ2n) is 7.99. The van der Waals surface area contributed by atoms with Gasteiger partial charge in [0.25, 0.3) is 5.89 Å². The molecule has 0 saturated carbocycles. The predicted octanol–water partition coefficient (Wildman–Crippen LogP) is 3.23. The topological polar surface area (TPSA) is 111 Å². The fraction of sp³-hybridized carbons (Fsp3) is 0.217. The van der Waals surface area contributed by atoms with Crippen LogP contribution in [0.25, 0.3) is 23.0 Å². The van der Waals surface area contributed by atoms with E-state index in [1.165, 1.54) is 59.8 Å². The quantitative estimate of drug-likeness (QED) is 0.402. The zero-order valence-electron chi connectivity index (χ0n) is 18.4. The molecule has 9 nitrogen and oxygen atoms in total. The lowest BCUT2D eigenvalue weighted by molar-refractivity contribution is 0.101. The van der Waals surface area contributed by atoms with Crippen LogP contribution in [0, 0.1) is 5.82 Å². The Hall–Kier alpha value is -3.70. The van der Waals surface area contributed by atoms with Crippen molar-refractivity contribution in [3.63, 3.8) is 0 Å². The molecule has 34 heavy (non-hydrogen) atoms. The number of carbonyl (C=O) groups is 1. The first-order chi connectivity index (χ1) is 16.2. The average molecular weight is 482 g/mol. The number of Topliss-reactive ketones (excluding diaryl/α,β-unsaturated/α-hetero) is 1. The van der Waals surface area contributed by atoms with Crippen LogP contribution >= 0.6 is 0 Å². The fourth-order valence-electron chi connectivity index (χ4n) is 3.98. The number of benzene rings is 2. The molecule has 0 N–H and O–H groups in total. The van der Waals surface area contributed by atoms with Gasteiger partial charge in [0, 0.05) is 48.9 Å². The van der Waals surface area contributed by atoms with Crippen molar-refractivity contribution in [2.75, 3.05) is 6.54 Å². The Kier molecular flexibility index (Phi) is 5.37. The molecular formula is C23H20FN5O4S. The first kappa shape index (κ1) is 22.1. The Bertz CT molecular complexity index is 1490. The highest BCUT2D eigenvalue weighted by molar-refractivity contribution is 7.89. The summed E-state index contributed by atoms with van der Waals surface area (Å²) in [4.78, 5) is 11.6. The number of aromatic nitrogens is 4. The van der Waals surface area contributed by atoms with E-state index >= 15 is 0 Å².